The predicted molar refractivity (Wildman–Crippen MR) is 135 cm³/mol. The first kappa shape index (κ1) is 24.3. The third-order valence-corrected chi connectivity index (χ3v) is 7.83. The zero-order valence-corrected chi connectivity index (χ0v) is 20.6. The van der Waals surface area contributed by atoms with E-state index >= 15 is 0 Å². The maximum Gasteiger partial charge on any atom is 0.244 e. The summed E-state index contributed by atoms with van der Waals surface area (Å²) in [5.41, 5.74) is 1.63. The Morgan fingerprint density at radius 3 is 2.32 bits per heavy atom. The lowest BCUT2D eigenvalue weighted by atomic mass is 10.1. The van der Waals surface area contributed by atoms with Crippen molar-refractivity contribution < 1.29 is 13.2 Å². The van der Waals surface area contributed by atoms with E-state index in [1.807, 2.05) is 48.5 Å². The molecule has 4 rings (SSSR count). The number of carbonyl (C=O) groups excluding carboxylic acids is 1. The van der Waals surface area contributed by atoms with E-state index in [9.17, 15) is 13.2 Å². The van der Waals surface area contributed by atoms with Crippen LogP contribution in [-0.4, -0.2) is 30.6 Å². The first-order chi connectivity index (χ1) is 16.3. The van der Waals surface area contributed by atoms with Crippen molar-refractivity contribution in [2.24, 2.45) is 0 Å². The highest BCUT2D eigenvalue weighted by Gasteiger charge is 2.28. The second kappa shape index (κ2) is 10.6. The molecule has 1 atom stereocenters. The van der Waals surface area contributed by atoms with E-state index in [1.165, 1.54) is 29.5 Å². The molecule has 2 N–H and O–H groups in total. The number of aromatic nitrogens is 2. The molecule has 0 radical (unpaired) electrons. The van der Waals surface area contributed by atoms with Crippen molar-refractivity contribution in [3.05, 3.63) is 94.5 Å². The molecule has 0 aliphatic heterocycles. The molecule has 0 unspecified atom stereocenters. The number of halogens is 2. The molecule has 0 bridgehead atoms. The van der Waals surface area contributed by atoms with Gasteiger partial charge in [0.15, 0.2) is 0 Å². The fraction of sp³-hybridized carbons (Fsp3) is 0.0870. The molecule has 0 saturated heterocycles. The van der Waals surface area contributed by atoms with E-state index < -0.39 is 22.0 Å². The van der Waals surface area contributed by atoms with Crippen LogP contribution in [-0.2, 0) is 21.2 Å². The normalized spacial score (nSPS) is 12.3. The van der Waals surface area contributed by atoms with Gasteiger partial charge in [-0.2, -0.15) is 4.72 Å². The van der Waals surface area contributed by atoms with Crippen LogP contribution < -0.4 is 10.0 Å². The molecule has 1 aromatic heterocycles. The van der Waals surface area contributed by atoms with Crippen LogP contribution in [0.1, 0.15) is 5.56 Å². The van der Waals surface area contributed by atoms with Gasteiger partial charge < -0.3 is 0 Å². The Kier molecular flexibility index (Phi) is 7.60. The first-order valence-corrected chi connectivity index (χ1v) is 13.1. The average Bonchev–Trinajstić information content (AvgIpc) is 3.30. The Hall–Kier alpha value is -2.82. The van der Waals surface area contributed by atoms with Gasteiger partial charge in [-0.05, 0) is 30.2 Å². The number of nitrogens with one attached hydrogen (secondary N) is 2. The lowest BCUT2D eigenvalue weighted by Crippen LogP contribution is -2.45. The van der Waals surface area contributed by atoms with E-state index in [2.05, 4.69) is 20.2 Å². The molecule has 3 aromatic carbocycles. The Balaban J connectivity index is 1.59. The lowest BCUT2D eigenvalue weighted by Gasteiger charge is -2.18. The molecule has 0 saturated carbocycles. The Labute approximate surface area is 210 Å². The summed E-state index contributed by atoms with van der Waals surface area (Å²) in [6.07, 6.45) is 0.106. The fourth-order valence-corrected chi connectivity index (χ4v) is 5.85. The van der Waals surface area contributed by atoms with Gasteiger partial charge in [0.25, 0.3) is 0 Å². The summed E-state index contributed by atoms with van der Waals surface area (Å²) in [5.74, 6) is -0.582. The zero-order valence-electron chi connectivity index (χ0n) is 17.5. The fourth-order valence-electron chi connectivity index (χ4n) is 3.14. The minimum atomic E-state index is -4.17. The summed E-state index contributed by atoms with van der Waals surface area (Å²) in [5, 5.41) is 11.9. The van der Waals surface area contributed by atoms with Crippen LogP contribution in [0.5, 0.6) is 0 Å². The van der Waals surface area contributed by atoms with Gasteiger partial charge in [-0.25, -0.2) is 8.42 Å². The molecule has 0 aliphatic carbocycles. The summed E-state index contributed by atoms with van der Waals surface area (Å²) in [7, 11) is -4.17. The highest BCUT2D eigenvalue weighted by molar-refractivity contribution is 7.89. The average molecular weight is 533 g/mol. The van der Waals surface area contributed by atoms with Crippen molar-refractivity contribution in [1.82, 2.24) is 14.9 Å². The van der Waals surface area contributed by atoms with Crippen molar-refractivity contribution in [3.63, 3.8) is 0 Å². The molecular weight excluding hydrogens is 515 g/mol. The van der Waals surface area contributed by atoms with E-state index in [1.54, 1.807) is 12.1 Å². The van der Waals surface area contributed by atoms with Gasteiger partial charge in [0, 0.05) is 10.6 Å². The van der Waals surface area contributed by atoms with Crippen molar-refractivity contribution in [2.75, 3.05) is 5.32 Å². The maximum atomic E-state index is 13.2. The lowest BCUT2D eigenvalue weighted by molar-refractivity contribution is -0.117. The van der Waals surface area contributed by atoms with Gasteiger partial charge in [-0.1, -0.05) is 95.2 Å². The number of anilines is 1. The smallest absolute Gasteiger partial charge is 0.244 e. The first-order valence-electron chi connectivity index (χ1n) is 10.0. The third kappa shape index (κ3) is 5.99. The van der Waals surface area contributed by atoms with Crippen LogP contribution >= 0.6 is 34.5 Å². The molecule has 4 aromatic rings. The second-order valence-corrected chi connectivity index (χ2v) is 10.7. The van der Waals surface area contributed by atoms with Gasteiger partial charge >= 0.3 is 0 Å². The van der Waals surface area contributed by atoms with Gasteiger partial charge in [0.2, 0.25) is 21.1 Å². The Morgan fingerprint density at radius 2 is 1.62 bits per heavy atom. The molecule has 1 heterocycles. The van der Waals surface area contributed by atoms with Crippen LogP contribution in [0.15, 0.2) is 83.8 Å². The number of nitrogens with zero attached hydrogens (tertiary/aromatic N) is 2. The maximum absolute atomic E-state index is 13.2. The molecule has 0 aliphatic rings. The number of carbonyl (C=O) groups is 1. The van der Waals surface area contributed by atoms with Crippen molar-refractivity contribution in [1.29, 1.82) is 0 Å². The van der Waals surface area contributed by atoms with Crippen LogP contribution in [0.2, 0.25) is 10.0 Å². The predicted octanol–water partition coefficient (Wildman–Crippen LogP) is 5.04. The van der Waals surface area contributed by atoms with E-state index in [4.69, 9.17) is 23.2 Å². The molecule has 11 heteroatoms. The number of hydrogen-bond donors (Lipinski definition) is 2. The minimum absolute atomic E-state index is 0.00704. The summed E-state index contributed by atoms with van der Waals surface area (Å²) >= 11 is 13.3. The van der Waals surface area contributed by atoms with Crippen molar-refractivity contribution in [3.8, 4) is 10.6 Å². The highest BCUT2D eigenvalue weighted by atomic mass is 35.5. The summed E-state index contributed by atoms with van der Waals surface area (Å²) in [6.45, 7) is 0. The van der Waals surface area contributed by atoms with Gasteiger partial charge in [0.1, 0.15) is 15.9 Å². The SMILES string of the molecule is O=C(Nc1nnc(-c2ccccc2)s1)[C@H](Cc1ccccc1)NS(=O)(=O)c1cc(Cl)ccc1Cl. The van der Waals surface area contributed by atoms with Gasteiger partial charge in [-0.15, -0.1) is 10.2 Å². The number of amides is 1. The molecular formula is C23H18Cl2N4O3S2. The van der Waals surface area contributed by atoms with Crippen LogP contribution in [0, 0.1) is 0 Å². The Bertz CT molecular complexity index is 1400. The standard InChI is InChI=1S/C23H18Cl2N4O3S2/c24-17-11-12-18(25)20(14-17)34(31,32)29-19(13-15-7-3-1-4-8-15)21(30)26-23-28-27-22(33-23)16-9-5-2-6-10-16/h1-12,14,19,29H,13H2,(H,26,28,30)/t19-/m0/s1. The summed E-state index contributed by atoms with van der Waals surface area (Å²) in [4.78, 5) is 13.0. The molecule has 0 fully saturated rings. The van der Waals surface area contributed by atoms with E-state index in [0.717, 1.165) is 11.1 Å². The molecule has 7 nitrogen and oxygen atoms in total. The number of rotatable bonds is 8. The zero-order chi connectivity index (χ0) is 24.1. The van der Waals surface area contributed by atoms with Gasteiger partial charge in [0.05, 0.1) is 5.02 Å². The number of hydrogen-bond acceptors (Lipinski definition) is 6. The topological polar surface area (TPSA) is 101 Å². The monoisotopic (exact) mass is 532 g/mol. The van der Waals surface area contributed by atoms with Crippen LogP contribution in [0.25, 0.3) is 10.6 Å². The molecule has 0 spiro atoms. The minimum Gasteiger partial charge on any atom is -0.299 e. The Morgan fingerprint density at radius 1 is 0.941 bits per heavy atom. The highest BCUT2D eigenvalue weighted by Crippen LogP contribution is 2.27. The quantitative estimate of drug-likeness (QED) is 0.331. The van der Waals surface area contributed by atoms with E-state index in [0.29, 0.717) is 5.01 Å². The van der Waals surface area contributed by atoms with Crippen LogP contribution in [0.3, 0.4) is 0 Å². The summed E-state index contributed by atoms with van der Waals surface area (Å²) < 4.78 is 28.6. The van der Waals surface area contributed by atoms with E-state index in [-0.39, 0.29) is 26.5 Å². The van der Waals surface area contributed by atoms with Crippen molar-refractivity contribution in [2.45, 2.75) is 17.4 Å². The molecule has 34 heavy (non-hydrogen) atoms. The molecule has 174 valence electrons. The molecule has 1 amide bonds. The number of benzene rings is 3. The summed E-state index contributed by atoms with van der Waals surface area (Å²) in [6, 6.07) is 21.4. The second-order valence-electron chi connectivity index (χ2n) is 7.21. The largest absolute Gasteiger partial charge is 0.299 e. The van der Waals surface area contributed by atoms with Crippen LogP contribution in [0.4, 0.5) is 5.13 Å². The number of sulfonamides is 1. The van der Waals surface area contributed by atoms with Gasteiger partial charge in [-0.3, -0.25) is 10.1 Å². The van der Waals surface area contributed by atoms with Crippen molar-refractivity contribution >= 4 is 55.6 Å². The third-order valence-electron chi connectivity index (χ3n) is 4.76.